The third kappa shape index (κ3) is 3.60. The van der Waals surface area contributed by atoms with E-state index in [2.05, 4.69) is 31.5 Å². The highest BCUT2D eigenvalue weighted by atomic mass is 79.9. The Balaban J connectivity index is 1.93. The predicted octanol–water partition coefficient (Wildman–Crippen LogP) is 3.05. The molecule has 0 fully saturated rings. The van der Waals surface area contributed by atoms with Crippen LogP contribution in [-0.2, 0) is 15.6 Å². The molecule has 0 spiro atoms. The molecular formula is C14H10BrClN4O2S. The molecule has 9 heteroatoms. The molecule has 0 N–H and O–H groups in total. The van der Waals surface area contributed by atoms with Gasteiger partial charge in [-0.05, 0) is 59.0 Å². The predicted molar refractivity (Wildman–Crippen MR) is 89.2 cm³/mol. The Morgan fingerprint density at radius 2 is 1.70 bits per heavy atom. The first-order valence-electron chi connectivity index (χ1n) is 6.47. The Morgan fingerprint density at radius 1 is 1.04 bits per heavy atom. The molecule has 3 rings (SSSR count). The number of nitrogens with zero attached hydrogens (tertiary/aromatic N) is 4. The summed E-state index contributed by atoms with van der Waals surface area (Å²) in [7, 11) is -3.57. The highest BCUT2D eigenvalue weighted by Gasteiger charge is 2.20. The number of sulfone groups is 1. The average molecular weight is 414 g/mol. The van der Waals surface area contributed by atoms with Crippen LogP contribution in [0.2, 0.25) is 5.02 Å². The van der Waals surface area contributed by atoms with Crippen molar-refractivity contribution in [1.82, 2.24) is 20.2 Å². The first-order chi connectivity index (χ1) is 11.0. The molecule has 1 heterocycles. The van der Waals surface area contributed by atoms with Gasteiger partial charge in [-0.15, -0.1) is 5.10 Å². The first-order valence-corrected chi connectivity index (χ1v) is 9.29. The molecule has 0 aliphatic carbocycles. The van der Waals surface area contributed by atoms with Gasteiger partial charge in [-0.1, -0.05) is 27.5 Å². The minimum atomic E-state index is -3.57. The van der Waals surface area contributed by atoms with E-state index in [4.69, 9.17) is 11.6 Å². The van der Waals surface area contributed by atoms with Gasteiger partial charge in [0.15, 0.2) is 15.7 Å². The minimum Gasteiger partial charge on any atom is -0.223 e. The molecule has 0 aliphatic heterocycles. The maximum Gasteiger partial charge on any atom is 0.185 e. The molecule has 0 amide bonds. The normalized spacial score (nSPS) is 11.6. The van der Waals surface area contributed by atoms with E-state index in [1.54, 1.807) is 12.1 Å². The van der Waals surface area contributed by atoms with Crippen LogP contribution in [0.3, 0.4) is 0 Å². The standard InChI is InChI=1S/C14H10BrClN4O2S/c15-10-1-5-12(6-2-10)20-14(17-18-19-20)9-23(21,22)13-7-3-11(16)4-8-13/h1-8H,9H2. The number of tetrazole rings is 1. The first kappa shape index (κ1) is 16.1. The lowest BCUT2D eigenvalue weighted by Crippen LogP contribution is -2.11. The van der Waals surface area contributed by atoms with Crippen LogP contribution in [0, 0.1) is 0 Å². The number of benzene rings is 2. The highest BCUT2D eigenvalue weighted by molar-refractivity contribution is 9.10. The Kier molecular flexibility index (Phi) is 4.47. The van der Waals surface area contributed by atoms with Gasteiger partial charge in [0, 0.05) is 9.50 Å². The summed E-state index contributed by atoms with van der Waals surface area (Å²) < 4.78 is 27.3. The molecule has 118 valence electrons. The molecule has 23 heavy (non-hydrogen) atoms. The van der Waals surface area contributed by atoms with Crippen molar-refractivity contribution in [2.24, 2.45) is 0 Å². The van der Waals surface area contributed by atoms with Crippen LogP contribution in [0.1, 0.15) is 5.82 Å². The Hall–Kier alpha value is -1.77. The van der Waals surface area contributed by atoms with Gasteiger partial charge in [0.1, 0.15) is 5.75 Å². The number of halogens is 2. The number of hydrogen-bond acceptors (Lipinski definition) is 5. The van der Waals surface area contributed by atoms with Gasteiger partial charge in [-0.3, -0.25) is 0 Å². The summed E-state index contributed by atoms with van der Waals surface area (Å²) in [6.45, 7) is 0. The smallest absolute Gasteiger partial charge is 0.185 e. The fraction of sp³-hybridized carbons (Fsp3) is 0.0714. The number of aromatic nitrogens is 4. The molecule has 0 aliphatic rings. The lowest BCUT2D eigenvalue weighted by molar-refractivity contribution is 0.592. The molecule has 0 saturated carbocycles. The van der Waals surface area contributed by atoms with Crippen LogP contribution in [0.25, 0.3) is 5.69 Å². The second kappa shape index (κ2) is 6.38. The third-order valence-electron chi connectivity index (χ3n) is 3.10. The van der Waals surface area contributed by atoms with E-state index in [0.717, 1.165) is 4.47 Å². The van der Waals surface area contributed by atoms with E-state index in [1.165, 1.54) is 28.9 Å². The Labute approximate surface area is 146 Å². The highest BCUT2D eigenvalue weighted by Crippen LogP contribution is 2.20. The monoisotopic (exact) mass is 412 g/mol. The average Bonchev–Trinajstić information content (AvgIpc) is 2.96. The lowest BCUT2D eigenvalue weighted by atomic mass is 10.3. The molecule has 0 radical (unpaired) electrons. The summed E-state index contributed by atoms with van der Waals surface area (Å²) in [5.41, 5.74) is 0.680. The SMILES string of the molecule is O=S(=O)(Cc1nnnn1-c1ccc(Br)cc1)c1ccc(Cl)cc1. The van der Waals surface area contributed by atoms with Crippen molar-refractivity contribution in [2.75, 3.05) is 0 Å². The molecule has 6 nitrogen and oxygen atoms in total. The van der Waals surface area contributed by atoms with Crippen molar-refractivity contribution in [3.8, 4) is 5.69 Å². The zero-order chi connectivity index (χ0) is 16.4. The second-order valence-electron chi connectivity index (χ2n) is 4.70. The number of rotatable bonds is 4. The van der Waals surface area contributed by atoms with E-state index in [-0.39, 0.29) is 16.5 Å². The van der Waals surface area contributed by atoms with Gasteiger partial charge >= 0.3 is 0 Å². The third-order valence-corrected chi connectivity index (χ3v) is 5.51. The Morgan fingerprint density at radius 3 is 2.35 bits per heavy atom. The van der Waals surface area contributed by atoms with Crippen molar-refractivity contribution in [3.63, 3.8) is 0 Å². The summed E-state index contributed by atoms with van der Waals surface area (Å²) in [6.07, 6.45) is 0. The van der Waals surface area contributed by atoms with Crippen LogP contribution < -0.4 is 0 Å². The zero-order valence-electron chi connectivity index (χ0n) is 11.6. The zero-order valence-corrected chi connectivity index (χ0v) is 14.8. The fourth-order valence-corrected chi connectivity index (χ4v) is 3.60. The molecule has 1 aromatic heterocycles. The van der Waals surface area contributed by atoms with Crippen LogP contribution in [0.15, 0.2) is 57.9 Å². The van der Waals surface area contributed by atoms with Crippen LogP contribution in [0.4, 0.5) is 0 Å². The van der Waals surface area contributed by atoms with Crippen LogP contribution in [-0.4, -0.2) is 28.6 Å². The van der Waals surface area contributed by atoms with Crippen LogP contribution >= 0.6 is 27.5 Å². The van der Waals surface area contributed by atoms with E-state index in [0.29, 0.717) is 10.7 Å². The molecule has 0 saturated heterocycles. The summed E-state index contributed by atoms with van der Waals surface area (Å²) in [5.74, 6) is -0.0696. The van der Waals surface area contributed by atoms with Gasteiger partial charge in [0.25, 0.3) is 0 Å². The van der Waals surface area contributed by atoms with Crippen molar-refractivity contribution < 1.29 is 8.42 Å². The Bertz CT molecular complexity index is 924. The van der Waals surface area contributed by atoms with Crippen molar-refractivity contribution in [1.29, 1.82) is 0 Å². The van der Waals surface area contributed by atoms with E-state index in [9.17, 15) is 8.42 Å². The lowest BCUT2D eigenvalue weighted by Gasteiger charge is -2.06. The molecular weight excluding hydrogens is 404 g/mol. The maximum atomic E-state index is 12.5. The summed E-state index contributed by atoms with van der Waals surface area (Å²) in [4.78, 5) is 0.173. The van der Waals surface area contributed by atoms with Crippen molar-refractivity contribution in [3.05, 3.63) is 63.9 Å². The summed E-state index contributed by atoms with van der Waals surface area (Å²) in [6, 6.07) is 13.2. The summed E-state index contributed by atoms with van der Waals surface area (Å²) in [5, 5.41) is 11.7. The minimum absolute atomic E-state index is 0.173. The number of hydrogen-bond donors (Lipinski definition) is 0. The van der Waals surface area contributed by atoms with Gasteiger partial charge in [-0.2, -0.15) is 4.68 Å². The van der Waals surface area contributed by atoms with Crippen molar-refractivity contribution >= 4 is 37.4 Å². The quantitative estimate of drug-likeness (QED) is 0.657. The molecule has 0 atom stereocenters. The van der Waals surface area contributed by atoms with E-state index >= 15 is 0 Å². The van der Waals surface area contributed by atoms with Gasteiger partial charge in [0.2, 0.25) is 0 Å². The van der Waals surface area contributed by atoms with Crippen LogP contribution in [0.5, 0.6) is 0 Å². The van der Waals surface area contributed by atoms with E-state index in [1.807, 2.05) is 12.1 Å². The summed E-state index contributed by atoms with van der Waals surface area (Å²) >= 11 is 9.13. The topological polar surface area (TPSA) is 77.7 Å². The van der Waals surface area contributed by atoms with Crippen molar-refractivity contribution in [2.45, 2.75) is 10.6 Å². The maximum absolute atomic E-state index is 12.5. The van der Waals surface area contributed by atoms with E-state index < -0.39 is 9.84 Å². The van der Waals surface area contributed by atoms with Gasteiger partial charge < -0.3 is 0 Å². The molecule has 0 unspecified atom stereocenters. The largest absolute Gasteiger partial charge is 0.223 e. The second-order valence-corrected chi connectivity index (χ2v) is 8.04. The van der Waals surface area contributed by atoms with Gasteiger partial charge in [0.05, 0.1) is 10.6 Å². The molecule has 2 aromatic carbocycles. The molecule has 0 bridgehead atoms. The molecule has 3 aromatic rings. The van der Waals surface area contributed by atoms with Gasteiger partial charge in [-0.25, -0.2) is 8.42 Å². The fourth-order valence-electron chi connectivity index (χ4n) is 1.97.